The first-order valence-electron chi connectivity index (χ1n) is 15.1. The number of carbonyl (C=O) groups excluding carboxylic acids is 3. The number of hydrogen-bond donors (Lipinski definition) is 1. The minimum Gasteiger partial charge on any atom is -0.466 e. The molecule has 47 heavy (non-hydrogen) atoms. The zero-order chi connectivity index (χ0) is 33.5. The van der Waals surface area contributed by atoms with Gasteiger partial charge in [-0.15, -0.1) is 11.3 Å². The summed E-state index contributed by atoms with van der Waals surface area (Å²) in [4.78, 5) is 52.6. The fourth-order valence-corrected chi connectivity index (χ4v) is 6.88. The summed E-state index contributed by atoms with van der Waals surface area (Å²) in [5.74, 6) is -2.23. The maximum atomic E-state index is 14.8. The van der Waals surface area contributed by atoms with E-state index in [0.717, 1.165) is 17.3 Å². The van der Waals surface area contributed by atoms with Crippen LogP contribution >= 0.6 is 11.3 Å². The summed E-state index contributed by atoms with van der Waals surface area (Å²) in [6.07, 6.45) is 1.64. The maximum absolute atomic E-state index is 14.8. The molecular formula is C33H34F2N6O5S. The van der Waals surface area contributed by atoms with Gasteiger partial charge in [-0.25, -0.2) is 23.4 Å². The van der Waals surface area contributed by atoms with Crippen LogP contribution < -0.4 is 10.2 Å². The van der Waals surface area contributed by atoms with Crippen molar-refractivity contribution in [3.63, 3.8) is 0 Å². The molecular weight excluding hydrogens is 630 g/mol. The van der Waals surface area contributed by atoms with Crippen LogP contribution in [-0.2, 0) is 24.7 Å². The summed E-state index contributed by atoms with van der Waals surface area (Å²) in [5, 5.41) is 5.66. The normalized spacial score (nSPS) is 20.1. The Bertz CT molecular complexity index is 1760. The number of halogens is 2. The van der Waals surface area contributed by atoms with Gasteiger partial charge in [0.15, 0.2) is 22.5 Å². The lowest BCUT2D eigenvalue weighted by Crippen LogP contribution is -2.53. The fraction of sp³-hybridized carbons (Fsp3) is 0.364. The van der Waals surface area contributed by atoms with Gasteiger partial charge >= 0.3 is 12.0 Å². The number of nitrogens with zero attached hydrogens (tertiary/aromatic N) is 5. The van der Waals surface area contributed by atoms with Crippen LogP contribution in [0, 0.1) is 18.6 Å². The van der Waals surface area contributed by atoms with E-state index in [9.17, 15) is 23.2 Å². The SMILES string of the molecule is COC(=O)C1=C(CN2CCN3C(=O)N(c4ccc(C(C)(C)OC=O)cc4)C[C@@H]3C2)NC(c2nccs2)=N[C@H]1c1ccc(F)c(F)c1C. The Labute approximate surface area is 274 Å². The molecule has 2 aromatic carbocycles. The first kappa shape index (κ1) is 32.3. The lowest BCUT2D eigenvalue weighted by Gasteiger charge is -2.38. The Kier molecular flexibility index (Phi) is 8.81. The second kappa shape index (κ2) is 12.8. The van der Waals surface area contributed by atoms with Crippen LogP contribution in [-0.4, -0.2) is 85.0 Å². The number of nitrogens with one attached hydrogen (secondary N) is 1. The van der Waals surface area contributed by atoms with Gasteiger partial charge < -0.3 is 19.7 Å². The highest BCUT2D eigenvalue weighted by molar-refractivity contribution is 7.11. The predicted octanol–water partition coefficient (Wildman–Crippen LogP) is 4.28. The van der Waals surface area contributed by atoms with Crippen molar-refractivity contribution in [1.29, 1.82) is 0 Å². The number of benzene rings is 2. The van der Waals surface area contributed by atoms with Gasteiger partial charge in [-0.1, -0.05) is 18.2 Å². The quantitative estimate of drug-likeness (QED) is 0.266. The van der Waals surface area contributed by atoms with E-state index in [2.05, 4.69) is 15.2 Å². The fourth-order valence-electron chi connectivity index (χ4n) is 6.29. The third kappa shape index (κ3) is 6.10. The smallest absolute Gasteiger partial charge is 0.338 e. The van der Waals surface area contributed by atoms with Crippen LogP contribution in [0.25, 0.3) is 0 Å². The van der Waals surface area contributed by atoms with Gasteiger partial charge in [-0.05, 0) is 55.7 Å². The van der Waals surface area contributed by atoms with Crippen molar-refractivity contribution in [2.75, 3.05) is 44.7 Å². The Morgan fingerprint density at radius 3 is 2.60 bits per heavy atom. The largest absolute Gasteiger partial charge is 0.466 e. The van der Waals surface area contributed by atoms with Crippen molar-refractivity contribution in [2.24, 2.45) is 4.99 Å². The van der Waals surface area contributed by atoms with E-state index < -0.39 is 29.2 Å². The number of thiazole rings is 1. The number of aliphatic imine (C=N–C) groups is 1. The first-order valence-corrected chi connectivity index (χ1v) is 15.9. The molecule has 2 fully saturated rings. The zero-order valence-corrected chi connectivity index (χ0v) is 27.1. The molecule has 0 aliphatic carbocycles. The summed E-state index contributed by atoms with van der Waals surface area (Å²) in [5.41, 5.74) is 1.82. The molecule has 2 amide bonds. The average molecular weight is 665 g/mol. The number of methoxy groups -OCH3 is 1. The Balaban J connectivity index is 1.27. The van der Waals surface area contributed by atoms with Crippen LogP contribution in [0.5, 0.6) is 0 Å². The number of anilines is 1. The summed E-state index contributed by atoms with van der Waals surface area (Å²) < 4.78 is 39.3. The maximum Gasteiger partial charge on any atom is 0.338 e. The number of fused-ring (bicyclic) bond motifs is 1. The first-order chi connectivity index (χ1) is 22.5. The van der Waals surface area contributed by atoms with Crippen LogP contribution in [0.15, 0.2) is 64.2 Å². The van der Waals surface area contributed by atoms with Crippen molar-refractivity contribution in [2.45, 2.75) is 38.5 Å². The van der Waals surface area contributed by atoms with Gasteiger partial charge in [-0.2, -0.15) is 0 Å². The number of piperazine rings is 1. The van der Waals surface area contributed by atoms with Crippen molar-refractivity contribution in [3.05, 3.63) is 92.6 Å². The van der Waals surface area contributed by atoms with Crippen LogP contribution in [0.3, 0.4) is 0 Å². The van der Waals surface area contributed by atoms with E-state index in [1.54, 1.807) is 30.3 Å². The number of esters is 1. The number of hydrogen-bond acceptors (Lipinski definition) is 10. The standard InChI is InChI=1S/C33H34F2N6O5S/c1-19-23(9-10-24(34)27(19)35)28-26(31(43)45-4)25(37-29(38-28)30-36-11-14-47-30)17-39-12-13-40-22(15-39)16-41(32(40)44)21-7-5-20(6-8-21)33(2,3)46-18-42/h5-11,14,18,22,28H,12-13,15-17H2,1-4H3,(H,37,38)/t22-,28-/m0/s1. The van der Waals surface area contributed by atoms with E-state index in [-0.39, 0.29) is 29.8 Å². The number of aromatic nitrogens is 1. The Morgan fingerprint density at radius 2 is 1.91 bits per heavy atom. The molecule has 3 aromatic rings. The Morgan fingerprint density at radius 1 is 1.15 bits per heavy atom. The highest BCUT2D eigenvalue weighted by atomic mass is 32.1. The summed E-state index contributed by atoms with van der Waals surface area (Å²) in [7, 11) is 1.27. The molecule has 246 valence electrons. The van der Waals surface area contributed by atoms with Crippen LogP contribution in [0.4, 0.5) is 19.3 Å². The highest BCUT2D eigenvalue weighted by Gasteiger charge is 2.42. The monoisotopic (exact) mass is 664 g/mol. The minimum absolute atomic E-state index is 0.0472. The zero-order valence-electron chi connectivity index (χ0n) is 26.3. The van der Waals surface area contributed by atoms with Gasteiger partial charge in [0.1, 0.15) is 11.6 Å². The van der Waals surface area contributed by atoms with Crippen molar-refractivity contribution in [1.82, 2.24) is 20.1 Å². The van der Waals surface area contributed by atoms with Gasteiger partial charge in [0, 0.05) is 55.7 Å². The molecule has 3 aliphatic heterocycles. The van der Waals surface area contributed by atoms with Gasteiger partial charge in [-0.3, -0.25) is 19.6 Å². The molecule has 3 aliphatic rings. The van der Waals surface area contributed by atoms with Gasteiger partial charge in [0.25, 0.3) is 6.47 Å². The Hall–Kier alpha value is -4.69. The second-order valence-corrected chi connectivity index (χ2v) is 12.9. The average Bonchev–Trinajstić information content (AvgIpc) is 3.72. The molecule has 11 nitrogen and oxygen atoms in total. The van der Waals surface area contributed by atoms with Gasteiger partial charge in [0.05, 0.1) is 18.7 Å². The van der Waals surface area contributed by atoms with Crippen molar-refractivity contribution in [3.8, 4) is 0 Å². The molecule has 2 atom stereocenters. The molecule has 6 rings (SSSR count). The molecule has 4 heterocycles. The number of amides is 2. The van der Waals surface area contributed by atoms with Crippen LogP contribution in [0.2, 0.25) is 0 Å². The van der Waals surface area contributed by atoms with Crippen molar-refractivity contribution < 1.29 is 32.6 Å². The number of ether oxygens (including phenoxy) is 2. The molecule has 0 unspecified atom stereocenters. The lowest BCUT2D eigenvalue weighted by molar-refractivity contribution is -0.141. The van der Waals surface area contributed by atoms with E-state index in [0.29, 0.717) is 54.8 Å². The number of urea groups is 1. The minimum atomic E-state index is -1.00. The van der Waals surface area contributed by atoms with Crippen molar-refractivity contribution >= 4 is 41.3 Å². The summed E-state index contributed by atoms with van der Waals surface area (Å²) >= 11 is 1.35. The molecule has 0 bridgehead atoms. The van der Waals surface area contributed by atoms with E-state index in [4.69, 9.17) is 14.5 Å². The molecule has 14 heteroatoms. The number of rotatable bonds is 9. The topological polar surface area (TPSA) is 117 Å². The number of amidine groups is 1. The van der Waals surface area contributed by atoms with E-state index in [1.165, 1.54) is 31.4 Å². The third-order valence-corrected chi connectivity index (χ3v) is 9.66. The molecule has 1 N–H and O–H groups in total. The second-order valence-electron chi connectivity index (χ2n) is 12.0. The predicted molar refractivity (Wildman–Crippen MR) is 171 cm³/mol. The van der Waals surface area contributed by atoms with E-state index in [1.807, 2.05) is 29.2 Å². The number of carbonyl (C=O) groups is 3. The molecule has 0 saturated carbocycles. The molecule has 1 aromatic heterocycles. The third-order valence-electron chi connectivity index (χ3n) is 8.88. The van der Waals surface area contributed by atoms with Crippen LogP contribution in [0.1, 0.15) is 41.6 Å². The summed E-state index contributed by atoms with van der Waals surface area (Å²) in [6.45, 7) is 7.74. The lowest BCUT2D eigenvalue weighted by atomic mass is 9.92. The highest BCUT2D eigenvalue weighted by Crippen LogP contribution is 2.36. The van der Waals surface area contributed by atoms with Gasteiger partial charge in [0.2, 0.25) is 0 Å². The van der Waals surface area contributed by atoms with E-state index >= 15 is 0 Å². The summed E-state index contributed by atoms with van der Waals surface area (Å²) in [6, 6.07) is 8.67. The molecule has 0 radical (unpaired) electrons. The molecule has 2 saturated heterocycles. The molecule has 0 spiro atoms.